The highest BCUT2D eigenvalue weighted by Crippen LogP contribution is 2.31. The molecule has 0 aliphatic heterocycles. The van der Waals surface area contributed by atoms with Crippen LogP contribution in [0.2, 0.25) is 5.02 Å². The van der Waals surface area contributed by atoms with Crippen LogP contribution in [0.15, 0.2) is 34.7 Å². The Morgan fingerprint density at radius 1 is 1.40 bits per heavy atom. The quantitative estimate of drug-likeness (QED) is 0.488. The summed E-state index contributed by atoms with van der Waals surface area (Å²) in [5.74, 6) is -0.213. The van der Waals surface area contributed by atoms with Gasteiger partial charge in [0.25, 0.3) is 5.69 Å². The van der Waals surface area contributed by atoms with Gasteiger partial charge in [-0.2, -0.15) is 0 Å². The Labute approximate surface area is 119 Å². The van der Waals surface area contributed by atoms with E-state index in [4.69, 9.17) is 20.8 Å². The van der Waals surface area contributed by atoms with Crippen molar-refractivity contribution in [3.05, 3.63) is 51.2 Å². The van der Waals surface area contributed by atoms with Gasteiger partial charge in [-0.15, -0.1) is 0 Å². The Hall–Kier alpha value is -2.34. The standard InChI is InChI=1S/C13H10ClNO5/c1-2-19-13(16)12-6-5-11(20-12)8-3-4-9(14)10(7-8)15(17)18/h3-7H,2H2,1H3. The first kappa shape index (κ1) is 14.1. The van der Waals surface area contributed by atoms with E-state index in [-0.39, 0.29) is 23.1 Å². The molecule has 0 fully saturated rings. The molecule has 0 saturated heterocycles. The minimum absolute atomic E-state index is 0.0379. The molecule has 2 rings (SSSR count). The first-order chi connectivity index (χ1) is 9.52. The molecule has 0 unspecified atom stereocenters. The van der Waals surface area contributed by atoms with E-state index < -0.39 is 10.9 Å². The van der Waals surface area contributed by atoms with Crippen LogP contribution < -0.4 is 0 Å². The van der Waals surface area contributed by atoms with Crippen molar-refractivity contribution in [3.8, 4) is 11.3 Å². The van der Waals surface area contributed by atoms with Gasteiger partial charge in [0.05, 0.1) is 11.5 Å². The number of hydrogen-bond donors (Lipinski definition) is 0. The summed E-state index contributed by atoms with van der Waals surface area (Å²) in [5, 5.41) is 10.9. The predicted octanol–water partition coefficient (Wildman–Crippen LogP) is 3.68. The largest absolute Gasteiger partial charge is 0.460 e. The number of nitro groups is 1. The number of halogens is 1. The maximum Gasteiger partial charge on any atom is 0.374 e. The second-order valence-corrected chi connectivity index (χ2v) is 4.21. The first-order valence-electron chi connectivity index (χ1n) is 5.74. The van der Waals surface area contributed by atoms with Gasteiger partial charge in [0.15, 0.2) is 0 Å². The number of hydrogen-bond acceptors (Lipinski definition) is 5. The molecule has 0 bridgehead atoms. The Kier molecular flexibility index (Phi) is 4.05. The molecule has 104 valence electrons. The minimum atomic E-state index is -0.582. The predicted molar refractivity (Wildman–Crippen MR) is 71.8 cm³/mol. The fraction of sp³-hybridized carbons (Fsp3) is 0.154. The van der Waals surface area contributed by atoms with Gasteiger partial charge in [-0.25, -0.2) is 4.79 Å². The average Bonchev–Trinajstić information content (AvgIpc) is 2.89. The first-order valence-corrected chi connectivity index (χ1v) is 6.12. The monoisotopic (exact) mass is 295 g/mol. The number of nitrogens with zero attached hydrogens (tertiary/aromatic N) is 1. The molecule has 0 atom stereocenters. The number of benzene rings is 1. The average molecular weight is 296 g/mol. The molecule has 2 aromatic rings. The molecule has 0 saturated carbocycles. The number of nitro benzene ring substituents is 1. The van der Waals surface area contributed by atoms with Crippen LogP contribution >= 0.6 is 11.6 Å². The second kappa shape index (κ2) is 5.75. The van der Waals surface area contributed by atoms with E-state index in [1.807, 2.05) is 0 Å². The number of carbonyl (C=O) groups excluding carboxylic acids is 1. The summed E-state index contributed by atoms with van der Waals surface area (Å²) < 4.78 is 10.1. The third kappa shape index (κ3) is 2.80. The summed E-state index contributed by atoms with van der Waals surface area (Å²) in [6.45, 7) is 1.92. The molecule has 7 heteroatoms. The Morgan fingerprint density at radius 2 is 2.15 bits per heavy atom. The van der Waals surface area contributed by atoms with Crippen molar-refractivity contribution < 1.29 is 18.9 Å². The highest BCUT2D eigenvalue weighted by atomic mass is 35.5. The van der Waals surface area contributed by atoms with Crippen molar-refractivity contribution in [2.45, 2.75) is 6.92 Å². The molecule has 0 spiro atoms. The van der Waals surface area contributed by atoms with E-state index in [0.717, 1.165) is 0 Å². The molecule has 0 N–H and O–H groups in total. The lowest BCUT2D eigenvalue weighted by Gasteiger charge is -2.00. The third-order valence-electron chi connectivity index (χ3n) is 2.51. The fourth-order valence-electron chi connectivity index (χ4n) is 1.61. The Balaban J connectivity index is 2.35. The molecule has 0 aliphatic carbocycles. The maximum atomic E-state index is 11.5. The molecule has 1 heterocycles. The molecule has 1 aromatic carbocycles. The van der Waals surface area contributed by atoms with Crippen molar-refractivity contribution >= 4 is 23.3 Å². The van der Waals surface area contributed by atoms with E-state index in [1.165, 1.54) is 18.2 Å². The van der Waals surface area contributed by atoms with Gasteiger partial charge in [-0.1, -0.05) is 11.6 Å². The SMILES string of the molecule is CCOC(=O)c1ccc(-c2ccc(Cl)c([N+](=O)[O-])c2)o1. The zero-order valence-electron chi connectivity index (χ0n) is 10.5. The maximum absolute atomic E-state index is 11.5. The van der Waals surface area contributed by atoms with Gasteiger partial charge in [-0.05, 0) is 31.2 Å². The van der Waals surface area contributed by atoms with Crippen molar-refractivity contribution in [3.63, 3.8) is 0 Å². The summed E-state index contributed by atoms with van der Waals surface area (Å²) in [6, 6.07) is 7.26. The summed E-state index contributed by atoms with van der Waals surface area (Å²) >= 11 is 5.73. The van der Waals surface area contributed by atoms with Crippen LogP contribution in [0, 0.1) is 10.1 Å². The van der Waals surface area contributed by atoms with Gasteiger partial charge >= 0.3 is 5.97 Å². The van der Waals surface area contributed by atoms with Crippen molar-refractivity contribution in [2.24, 2.45) is 0 Å². The molecule has 0 aliphatic rings. The van der Waals surface area contributed by atoms with E-state index in [0.29, 0.717) is 11.3 Å². The van der Waals surface area contributed by atoms with Crippen molar-refractivity contribution in [2.75, 3.05) is 6.61 Å². The lowest BCUT2D eigenvalue weighted by molar-refractivity contribution is -0.384. The number of carbonyl (C=O) groups is 1. The molecular weight excluding hydrogens is 286 g/mol. The number of rotatable bonds is 4. The number of ether oxygens (including phenoxy) is 1. The second-order valence-electron chi connectivity index (χ2n) is 3.81. The van der Waals surface area contributed by atoms with Gasteiger partial charge in [0, 0.05) is 11.6 Å². The molecule has 6 nitrogen and oxygen atoms in total. The third-order valence-corrected chi connectivity index (χ3v) is 2.83. The molecule has 1 aromatic heterocycles. The van der Waals surface area contributed by atoms with Crippen molar-refractivity contribution in [1.29, 1.82) is 0 Å². The van der Waals surface area contributed by atoms with Gasteiger partial charge in [-0.3, -0.25) is 10.1 Å². The lowest BCUT2D eigenvalue weighted by atomic mass is 10.1. The highest BCUT2D eigenvalue weighted by Gasteiger charge is 2.17. The summed E-state index contributed by atoms with van der Waals surface area (Å²) in [7, 11) is 0. The van der Waals surface area contributed by atoms with Crippen LogP contribution in [0.1, 0.15) is 17.5 Å². The van der Waals surface area contributed by atoms with E-state index >= 15 is 0 Å². The molecule has 0 amide bonds. The van der Waals surface area contributed by atoms with Crippen LogP contribution in [-0.4, -0.2) is 17.5 Å². The van der Waals surface area contributed by atoms with Gasteiger partial charge in [0.1, 0.15) is 10.8 Å². The van der Waals surface area contributed by atoms with Crippen LogP contribution in [0.4, 0.5) is 5.69 Å². The highest BCUT2D eigenvalue weighted by molar-refractivity contribution is 6.32. The zero-order chi connectivity index (χ0) is 14.7. The Bertz CT molecular complexity index is 665. The van der Waals surface area contributed by atoms with Crippen LogP contribution in [-0.2, 0) is 4.74 Å². The number of esters is 1. The van der Waals surface area contributed by atoms with E-state index in [2.05, 4.69) is 0 Å². The number of furan rings is 1. The van der Waals surface area contributed by atoms with Crippen LogP contribution in [0.5, 0.6) is 0 Å². The molecule has 0 radical (unpaired) electrons. The smallest absolute Gasteiger partial charge is 0.374 e. The van der Waals surface area contributed by atoms with E-state index in [1.54, 1.807) is 19.1 Å². The van der Waals surface area contributed by atoms with Crippen molar-refractivity contribution in [1.82, 2.24) is 0 Å². The summed E-state index contributed by atoms with van der Waals surface area (Å²) in [5.41, 5.74) is 0.231. The molecular formula is C13H10ClNO5. The van der Waals surface area contributed by atoms with Crippen LogP contribution in [0.25, 0.3) is 11.3 Å². The van der Waals surface area contributed by atoms with Gasteiger partial charge in [0.2, 0.25) is 5.76 Å². The van der Waals surface area contributed by atoms with Crippen LogP contribution in [0.3, 0.4) is 0 Å². The normalized spacial score (nSPS) is 10.3. The van der Waals surface area contributed by atoms with Gasteiger partial charge < -0.3 is 9.15 Å². The fourth-order valence-corrected chi connectivity index (χ4v) is 1.80. The Morgan fingerprint density at radius 3 is 2.80 bits per heavy atom. The summed E-state index contributed by atoms with van der Waals surface area (Å²) in [6.07, 6.45) is 0. The zero-order valence-corrected chi connectivity index (χ0v) is 11.2. The van der Waals surface area contributed by atoms with E-state index in [9.17, 15) is 14.9 Å². The lowest BCUT2D eigenvalue weighted by Crippen LogP contribution is -2.02. The topological polar surface area (TPSA) is 82.6 Å². The minimum Gasteiger partial charge on any atom is -0.460 e. The molecule has 20 heavy (non-hydrogen) atoms. The summed E-state index contributed by atoms with van der Waals surface area (Å²) in [4.78, 5) is 21.7.